The summed E-state index contributed by atoms with van der Waals surface area (Å²) in [7, 11) is 0. The first-order valence-electron chi connectivity index (χ1n) is 7.79. The van der Waals surface area contributed by atoms with Gasteiger partial charge in [0.2, 0.25) is 11.8 Å². The predicted octanol–water partition coefficient (Wildman–Crippen LogP) is 2.82. The molecule has 3 heterocycles. The average Bonchev–Trinajstić information content (AvgIpc) is 3.37. The van der Waals surface area contributed by atoms with Crippen molar-refractivity contribution in [2.45, 2.75) is 19.4 Å². The third-order valence-electron chi connectivity index (χ3n) is 3.36. The number of carbonyl (C=O) groups excluding carboxylic acids is 2. The highest BCUT2D eigenvalue weighted by Gasteiger charge is 2.10. The van der Waals surface area contributed by atoms with Crippen LogP contribution < -0.4 is 10.6 Å². The number of hydrogen-bond donors (Lipinski definition) is 2. The number of thiophene rings is 1. The fourth-order valence-corrected chi connectivity index (χ4v) is 2.78. The maximum absolute atomic E-state index is 11.8. The molecule has 0 aromatic carbocycles. The molecule has 0 fully saturated rings. The molecule has 25 heavy (non-hydrogen) atoms. The molecule has 2 N–H and O–H groups in total. The van der Waals surface area contributed by atoms with Gasteiger partial charge in [0.1, 0.15) is 6.26 Å². The Labute approximate surface area is 148 Å². The third kappa shape index (κ3) is 4.80. The van der Waals surface area contributed by atoms with Gasteiger partial charge in [-0.2, -0.15) is 0 Å². The zero-order valence-electron chi connectivity index (χ0n) is 13.4. The molecule has 0 atom stereocenters. The van der Waals surface area contributed by atoms with Crippen LogP contribution in [0.25, 0.3) is 10.8 Å². The van der Waals surface area contributed by atoms with Crippen molar-refractivity contribution in [1.82, 2.24) is 15.6 Å². The highest BCUT2D eigenvalue weighted by Crippen LogP contribution is 2.23. The molecule has 0 saturated heterocycles. The van der Waals surface area contributed by atoms with Crippen LogP contribution in [0.15, 0.2) is 51.0 Å². The first-order valence-corrected chi connectivity index (χ1v) is 8.67. The van der Waals surface area contributed by atoms with E-state index in [-0.39, 0.29) is 17.6 Å². The van der Waals surface area contributed by atoms with Crippen LogP contribution in [0.5, 0.6) is 0 Å². The fourth-order valence-electron chi connectivity index (χ4n) is 2.12. The number of carbonyl (C=O) groups is 2. The summed E-state index contributed by atoms with van der Waals surface area (Å²) in [5.74, 6) is 0.430. The smallest absolute Gasteiger partial charge is 0.286 e. The van der Waals surface area contributed by atoms with Crippen molar-refractivity contribution in [2.24, 2.45) is 0 Å². The lowest BCUT2D eigenvalue weighted by Crippen LogP contribution is -2.27. The van der Waals surface area contributed by atoms with Crippen LogP contribution in [0.4, 0.5) is 0 Å². The van der Waals surface area contributed by atoms with Gasteiger partial charge in [-0.3, -0.25) is 9.59 Å². The van der Waals surface area contributed by atoms with Gasteiger partial charge in [0, 0.05) is 13.0 Å². The van der Waals surface area contributed by atoms with Gasteiger partial charge < -0.3 is 19.5 Å². The largest absolute Gasteiger partial charge is 0.459 e. The van der Waals surface area contributed by atoms with Crippen LogP contribution in [0.1, 0.15) is 29.1 Å². The van der Waals surface area contributed by atoms with Crippen molar-refractivity contribution < 1.29 is 18.4 Å². The van der Waals surface area contributed by atoms with E-state index < -0.39 is 0 Å². The number of rotatable bonds is 8. The van der Waals surface area contributed by atoms with E-state index in [9.17, 15) is 9.59 Å². The molecule has 8 heteroatoms. The van der Waals surface area contributed by atoms with Gasteiger partial charge >= 0.3 is 0 Å². The normalized spacial score (nSPS) is 10.6. The summed E-state index contributed by atoms with van der Waals surface area (Å²) < 4.78 is 10.4. The number of amides is 2. The Kier molecular flexibility index (Phi) is 5.63. The fraction of sp³-hybridized carbons (Fsp3) is 0.235. The van der Waals surface area contributed by atoms with E-state index in [1.807, 2.05) is 17.5 Å². The van der Waals surface area contributed by atoms with Crippen LogP contribution in [0, 0.1) is 0 Å². The number of nitrogens with zero attached hydrogens (tertiary/aromatic N) is 1. The molecule has 0 aliphatic heterocycles. The second-order valence-corrected chi connectivity index (χ2v) is 6.18. The van der Waals surface area contributed by atoms with Crippen molar-refractivity contribution in [3.05, 3.63) is 53.6 Å². The highest BCUT2D eigenvalue weighted by atomic mass is 32.1. The molecular weight excluding hydrogens is 342 g/mol. The first-order chi connectivity index (χ1) is 12.2. The SMILES string of the molecule is O=C(CCCNC(=O)c1ccco1)NCc1coc(-c2cccs2)n1. The first kappa shape index (κ1) is 17.0. The summed E-state index contributed by atoms with van der Waals surface area (Å²) in [6, 6.07) is 7.09. The van der Waals surface area contributed by atoms with E-state index in [0.717, 1.165) is 4.88 Å². The molecule has 130 valence electrons. The number of hydrogen-bond acceptors (Lipinski definition) is 6. The molecule has 0 radical (unpaired) electrons. The van der Waals surface area contributed by atoms with Gasteiger partial charge in [-0.15, -0.1) is 11.3 Å². The number of nitrogens with one attached hydrogen (secondary N) is 2. The van der Waals surface area contributed by atoms with Gasteiger partial charge in [0.25, 0.3) is 5.91 Å². The Morgan fingerprint density at radius 1 is 1.16 bits per heavy atom. The Morgan fingerprint density at radius 3 is 2.84 bits per heavy atom. The van der Waals surface area contributed by atoms with Crippen molar-refractivity contribution in [3.63, 3.8) is 0 Å². The monoisotopic (exact) mass is 359 g/mol. The van der Waals surface area contributed by atoms with E-state index in [1.165, 1.54) is 6.26 Å². The molecule has 0 aliphatic carbocycles. The minimum Gasteiger partial charge on any atom is -0.459 e. The Hall–Kier alpha value is -2.87. The maximum Gasteiger partial charge on any atom is 0.286 e. The maximum atomic E-state index is 11.8. The number of furan rings is 1. The lowest BCUT2D eigenvalue weighted by molar-refractivity contribution is -0.121. The molecule has 0 saturated carbocycles. The average molecular weight is 359 g/mol. The Bertz CT molecular complexity index is 809. The highest BCUT2D eigenvalue weighted by molar-refractivity contribution is 7.13. The quantitative estimate of drug-likeness (QED) is 0.603. The summed E-state index contributed by atoms with van der Waals surface area (Å²) in [6.07, 6.45) is 3.83. The summed E-state index contributed by atoms with van der Waals surface area (Å²) in [5.41, 5.74) is 0.669. The van der Waals surface area contributed by atoms with Gasteiger partial charge in [0.05, 0.1) is 23.4 Å². The topological polar surface area (TPSA) is 97.4 Å². The van der Waals surface area contributed by atoms with Crippen molar-refractivity contribution in [2.75, 3.05) is 6.54 Å². The van der Waals surface area contributed by atoms with Crippen molar-refractivity contribution in [3.8, 4) is 10.8 Å². The number of oxazole rings is 1. The Balaban J connectivity index is 1.34. The number of aromatic nitrogens is 1. The van der Waals surface area contributed by atoms with E-state index in [0.29, 0.717) is 37.5 Å². The molecule has 3 aromatic heterocycles. The Morgan fingerprint density at radius 2 is 2.08 bits per heavy atom. The van der Waals surface area contributed by atoms with Crippen LogP contribution in [-0.4, -0.2) is 23.3 Å². The predicted molar refractivity (Wildman–Crippen MR) is 91.9 cm³/mol. The molecule has 0 unspecified atom stereocenters. The van der Waals surface area contributed by atoms with Crippen molar-refractivity contribution in [1.29, 1.82) is 0 Å². The van der Waals surface area contributed by atoms with Crippen LogP contribution >= 0.6 is 11.3 Å². The van der Waals surface area contributed by atoms with E-state index >= 15 is 0 Å². The van der Waals surface area contributed by atoms with Gasteiger partial charge in [-0.25, -0.2) is 4.98 Å². The zero-order chi connectivity index (χ0) is 17.5. The van der Waals surface area contributed by atoms with Crippen LogP contribution in [-0.2, 0) is 11.3 Å². The summed E-state index contributed by atoms with van der Waals surface area (Å²) in [5, 5.41) is 7.43. The van der Waals surface area contributed by atoms with Gasteiger partial charge in [-0.05, 0) is 30.0 Å². The minimum atomic E-state index is -0.283. The lowest BCUT2D eigenvalue weighted by Gasteiger charge is -2.04. The van der Waals surface area contributed by atoms with E-state index in [2.05, 4.69) is 15.6 Å². The molecule has 0 spiro atoms. The van der Waals surface area contributed by atoms with Crippen LogP contribution in [0.2, 0.25) is 0 Å². The lowest BCUT2D eigenvalue weighted by atomic mass is 10.3. The van der Waals surface area contributed by atoms with Gasteiger partial charge in [0.15, 0.2) is 5.76 Å². The molecule has 3 aromatic rings. The molecule has 2 amide bonds. The van der Waals surface area contributed by atoms with E-state index in [1.54, 1.807) is 29.7 Å². The summed E-state index contributed by atoms with van der Waals surface area (Å²) >= 11 is 1.54. The molecule has 3 rings (SSSR count). The molecular formula is C17H17N3O4S. The molecule has 0 aliphatic rings. The second kappa shape index (κ2) is 8.29. The minimum absolute atomic E-state index is 0.104. The summed E-state index contributed by atoms with van der Waals surface area (Å²) in [6.45, 7) is 0.714. The van der Waals surface area contributed by atoms with Crippen LogP contribution in [0.3, 0.4) is 0 Å². The molecule has 0 bridgehead atoms. The molecule has 7 nitrogen and oxygen atoms in total. The van der Waals surface area contributed by atoms with E-state index in [4.69, 9.17) is 8.83 Å². The zero-order valence-corrected chi connectivity index (χ0v) is 14.2. The summed E-state index contributed by atoms with van der Waals surface area (Å²) in [4.78, 5) is 28.7. The van der Waals surface area contributed by atoms with Gasteiger partial charge in [-0.1, -0.05) is 6.07 Å². The standard InChI is InChI=1S/C17H17N3O4S/c21-15(6-1-7-18-16(22)13-4-2-8-23-13)19-10-12-11-24-17(20-12)14-5-3-9-25-14/h2-5,8-9,11H,1,6-7,10H2,(H,18,22)(H,19,21). The van der Waals surface area contributed by atoms with Crippen molar-refractivity contribution >= 4 is 23.2 Å². The second-order valence-electron chi connectivity index (χ2n) is 5.23. The third-order valence-corrected chi connectivity index (χ3v) is 4.22.